The number of ether oxygens (including phenoxy) is 2. The lowest BCUT2D eigenvalue weighted by Gasteiger charge is -2.41. The van der Waals surface area contributed by atoms with Gasteiger partial charge in [0.15, 0.2) is 0 Å². The summed E-state index contributed by atoms with van der Waals surface area (Å²) in [5.74, 6) is -2.15. The van der Waals surface area contributed by atoms with Crippen LogP contribution < -0.4 is 0 Å². The van der Waals surface area contributed by atoms with Crippen molar-refractivity contribution in [2.24, 2.45) is 35.0 Å². The summed E-state index contributed by atoms with van der Waals surface area (Å²) in [5.41, 5.74) is -0.996. The maximum absolute atomic E-state index is 13.0. The predicted octanol–water partition coefficient (Wildman–Crippen LogP) is 2.12. The van der Waals surface area contributed by atoms with Crippen LogP contribution in [0.5, 0.6) is 0 Å². The van der Waals surface area contributed by atoms with Gasteiger partial charge in [0, 0.05) is 18.3 Å². The van der Waals surface area contributed by atoms with Crippen molar-refractivity contribution >= 4 is 17.7 Å². The second-order valence-corrected chi connectivity index (χ2v) is 8.72. The number of esters is 2. The molecule has 146 valence electrons. The molecule has 1 heterocycles. The summed E-state index contributed by atoms with van der Waals surface area (Å²) in [4.78, 5) is 37.8. The van der Waals surface area contributed by atoms with Gasteiger partial charge in [0.2, 0.25) is 0 Å². The molecule has 26 heavy (non-hydrogen) atoms. The molecule has 6 nitrogen and oxygen atoms in total. The minimum absolute atomic E-state index is 0.0145. The van der Waals surface area contributed by atoms with E-state index in [1.54, 1.807) is 20.8 Å². The Morgan fingerprint density at radius 1 is 1.38 bits per heavy atom. The number of rotatable bonds is 3. The first-order valence-corrected chi connectivity index (χ1v) is 9.75. The van der Waals surface area contributed by atoms with E-state index in [0.717, 1.165) is 0 Å². The predicted molar refractivity (Wildman–Crippen MR) is 92.9 cm³/mol. The van der Waals surface area contributed by atoms with Crippen molar-refractivity contribution in [1.82, 2.24) is 0 Å². The van der Waals surface area contributed by atoms with Crippen molar-refractivity contribution in [2.75, 3.05) is 0 Å². The molecule has 0 aromatic rings. The summed E-state index contributed by atoms with van der Waals surface area (Å²) in [6, 6.07) is 0. The van der Waals surface area contributed by atoms with E-state index in [1.807, 2.05) is 13.8 Å². The van der Waals surface area contributed by atoms with Crippen LogP contribution in [0.2, 0.25) is 0 Å². The normalized spacial score (nSPS) is 46.2. The zero-order valence-electron chi connectivity index (χ0n) is 16.2. The van der Waals surface area contributed by atoms with Gasteiger partial charge >= 0.3 is 11.9 Å². The van der Waals surface area contributed by atoms with E-state index in [-0.39, 0.29) is 53.9 Å². The maximum atomic E-state index is 13.0. The Morgan fingerprint density at radius 2 is 2.04 bits per heavy atom. The van der Waals surface area contributed by atoms with Crippen LogP contribution in [0, 0.1) is 35.0 Å². The number of Topliss-reactive ketones (excluding diaryl/α,β-unsaturated/α-hetero) is 1. The van der Waals surface area contributed by atoms with E-state index in [4.69, 9.17) is 9.47 Å². The van der Waals surface area contributed by atoms with Gasteiger partial charge in [-0.3, -0.25) is 14.4 Å². The second-order valence-electron chi connectivity index (χ2n) is 8.72. The molecular formula is C20H30O6. The van der Waals surface area contributed by atoms with Gasteiger partial charge in [0.05, 0.1) is 23.4 Å². The van der Waals surface area contributed by atoms with Gasteiger partial charge in [-0.25, -0.2) is 0 Å². The van der Waals surface area contributed by atoms with E-state index < -0.39 is 23.5 Å². The maximum Gasteiger partial charge on any atom is 0.309 e. The third-order valence-corrected chi connectivity index (χ3v) is 7.16. The highest BCUT2D eigenvalue weighted by Gasteiger charge is 2.66. The van der Waals surface area contributed by atoms with Gasteiger partial charge < -0.3 is 14.6 Å². The summed E-state index contributed by atoms with van der Waals surface area (Å²) >= 11 is 0. The van der Waals surface area contributed by atoms with E-state index in [9.17, 15) is 19.5 Å². The number of carbonyl (C=O) groups is 3. The topological polar surface area (TPSA) is 89.9 Å². The highest BCUT2D eigenvalue weighted by molar-refractivity contribution is 5.89. The Kier molecular flexibility index (Phi) is 4.93. The van der Waals surface area contributed by atoms with Crippen LogP contribution in [0.3, 0.4) is 0 Å². The Morgan fingerprint density at radius 3 is 2.65 bits per heavy atom. The number of fused-ring (bicyclic) bond motifs is 2. The summed E-state index contributed by atoms with van der Waals surface area (Å²) in [6.45, 7) is 9.27. The molecule has 3 rings (SSSR count). The van der Waals surface area contributed by atoms with Gasteiger partial charge in [0.25, 0.3) is 0 Å². The molecule has 0 spiro atoms. The molecule has 0 aromatic heterocycles. The van der Waals surface area contributed by atoms with Gasteiger partial charge in [-0.1, -0.05) is 27.7 Å². The molecule has 1 saturated heterocycles. The van der Waals surface area contributed by atoms with Gasteiger partial charge in [-0.05, 0) is 25.7 Å². The molecule has 9 atom stereocenters. The Hall–Kier alpha value is -1.43. The van der Waals surface area contributed by atoms with E-state index in [0.29, 0.717) is 12.8 Å². The van der Waals surface area contributed by atoms with Crippen molar-refractivity contribution < 1.29 is 29.0 Å². The summed E-state index contributed by atoms with van der Waals surface area (Å²) < 4.78 is 11.5. The molecule has 3 fully saturated rings. The molecule has 1 N–H and O–H groups in total. The molecule has 3 aliphatic rings. The molecule has 6 heteroatoms. The van der Waals surface area contributed by atoms with E-state index in [2.05, 4.69) is 0 Å². The molecule has 0 amide bonds. The van der Waals surface area contributed by atoms with Crippen LogP contribution in [0.1, 0.15) is 53.9 Å². The third-order valence-electron chi connectivity index (χ3n) is 7.16. The molecule has 2 saturated carbocycles. The van der Waals surface area contributed by atoms with Crippen LogP contribution >= 0.6 is 0 Å². The van der Waals surface area contributed by atoms with Crippen molar-refractivity contribution in [2.45, 2.75) is 72.2 Å². The standard InChI is InChI=1S/C20H30O6/c1-6-9(2)18(23)26-17-15-11(4)19(24)25-13(15)7-10(3)16-12(21)8-14(22)20(16,17)5/h9-13,15-17,21H,6-8H2,1-5H3. The average Bonchev–Trinajstić information content (AvgIpc) is 2.94. The summed E-state index contributed by atoms with van der Waals surface area (Å²) in [7, 11) is 0. The SMILES string of the molecule is CCC(C)C(=O)OC1C2C(CC(C)C3C(O)CC(=O)C13C)OC(=O)C2C. The van der Waals surface area contributed by atoms with Crippen LogP contribution in [0.15, 0.2) is 0 Å². The van der Waals surface area contributed by atoms with Crippen LogP contribution in [0.25, 0.3) is 0 Å². The molecule has 0 aromatic carbocycles. The molecule has 1 aliphatic heterocycles. The first-order valence-electron chi connectivity index (χ1n) is 9.75. The van der Waals surface area contributed by atoms with E-state index in [1.165, 1.54) is 0 Å². The fraction of sp³-hybridized carbons (Fsp3) is 0.850. The highest BCUT2D eigenvalue weighted by atomic mass is 16.6. The molecule has 0 radical (unpaired) electrons. The second kappa shape index (κ2) is 6.63. The minimum atomic E-state index is -0.996. The number of hydrogen-bond acceptors (Lipinski definition) is 6. The Balaban J connectivity index is 2.07. The van der Waals surface area contributed by atoms with Gasteiger partial charge in [-0.2, -0.15) is 0 Å². The fourth-order valence-corrected chi connectivity index (χ4v) is 5.44. The number of carbonyl (C=O) groups excluding carboxylic acids is 3. The monoisotopic (exact) mass is 366 g/mol. The number of hydrogen-bond donors (Lipinski definition) is 1. The third kappa shape index (κ3) is 2.68. The lowest BCUT2D eigenvalue weighted by Crippen LogP contribution is -2.51. The van der Waals surface area contributed by atoms with Crippen molar-refractivity contribution in [3.63, 3.8) is 0 Å². The molecule has 0 bridgehead atoms. The molecule has 2 aliphatic carbocycles. The fourth-order valence-electron chi connectivity index (χ4n) is 5.44. The van der Waals surface area contributed by atoms with Crippen LogP contribution in [0.4, 0.5) is 0 Å². The zero-order valence-corrected chi connectivity index (χ0v) is 16.2. The number of aliphatic hydroxyl groups is 1. The van der Waals surface area contributed by atoms with Crippen molar-refractivity contribution in [1.29, 1.82) is 0 Å². The average molecular weight is 366 g/mol. The first-order chi connectivity index (χ1) is 12.1. The first kappa shape index (κ1) is 19.3. The minimum Gasteiger partial charge on any atom is -0.462 e. The highest BCUT2D eigenvalue weighted by Crippen LogP contribution is 2.56. The summed E-state index contributed by atoms with van der Waals surface area (Å²) in [6.07, 6.45) is -0.610. The molecule has 9 unspecified atom stereocenters. The lowest BCUT2D eigenvalue weighted by atomic mass is 9.66. The van der Waals surface area contributed by atoms with Crippen molar-refractivity contribution in [3.05, 3.63) is 0 Å². The van der Waals surface area contributed by atoms with Gasteiger partial charge in [0.1, 0.15) is 18.0 Å². The van der Waals surface area contributed by atoms with Gasteiger partial charge in [-0.15, -0.1) is 0 Å². The quantitative estimate of drug-likeness (QED) is 0.770. The zero-order chi connectivity index (χ0) is 19.4. The smallest absolute Gasteiger partial charge is 0.309 e. The molecular weight excluding hydrogens is 336 g/mol. The number of ketones is 1. The largest absolute Gasteiger partial charge is 0.462 e. The van der Waals surface area contributed by atoms with Crippen molar-refractivity contribution in [3.8, 4) is 0 Å². The number of aliphatic hydroxyl groups excluding tert-OH is 1. The van der Waals surface area contributed by atoms with E-state index >= 15 is 0 Å². The summed E-state index contributed by atoms with van der Waals surface area (Å²) in [5, 5.41) is 10.6. The van der Waals surface area contributed by atoms with Crippen LogP contribution in [-0.4, -0.2) is 41.1 Å². The Labute approximate surface area is 154 Å². The Bertz CT molecular complexity index is 615. The lowest BCUT2D eigenvalue weighted by molar-refractivity contribution is -0.173. The van der Waals surface area contributed by atoms with Crippen LogP contribution in [-0.2, 0) is 23.9 Å².